The Balaban J connectivity index is 1.53. The minimum atomic E-state index is -0.209. The molecule has 0 aromatic heterocycles. The van der Waals surface area contributed by atoms with Crippen LogP contribution in [0.15, 0.2) is 42.5 Å². The Bertz CT molecular complexity index is 728. The number of anilines is 2. The lowest BCUT2D eigenvalue weighted by Gasteiger charge is -2.41. The van der Waals surface area contributed by atoms with E-state index < -0.39 is 0 Å². The van der Waals surface area contributed by atoms with E-state index in [1.54, 1.807) is 0 Å². The molecule has 0 unspecified atom stereocenters. The van der Waals surface area contributed by atoms with E-state index in [2.05, 4.69) is 43.9 Å². The summed E-state index contributed by atoms with van der Waals surface area (Å²) in [7, 11) is 0. The molecule has 1 aliphatic heterocycles. The molecular formula is C21H28N2O2. The lowest BCUT2D eigenvalue weighted by atomic mass is 10.0. The zero-order chi connectivity index (χ0) is 17.9. The summed E-state index contributed by atoms with van der Waals surface area (Å²) in [5, 5.41) is 0. The van der Waals surface area contributed by atoms with Gasteiger partial charge in [0.15, 0.2) is 0 Å². The van der Waals surface area contributed by atoms with Gasteiger partial charge in [0.1, 0.15) is 17.1 Å². The molecule has 2 aromatic carbocycles. The minimum Gasteiger partial charge on any atom is -0.494 e. The summed E-state index contributed by atoms with van der Waals surface area (Å²) in [4.78, 5) is 2.39. The molecule has 25 heavy (non-hydrogen) atoms. The van der Waals surface area contributed by atoms with Crippen molar-refractivity contribution in [3.63, 3.8) is 0 Å². The van der Waals surface area contributed by atoms with Crippen LogP contribution in [0, 0.1) is 6.92 Å². The van der Waals surface area contributed by atoms with Gasteiger partial charge in [0.2, 0.25) is 0 Å². The monoisotopic (exact) mass is 340 g/mol. The van der Waals surface area contributed by atoms with Crippen molar-refractivity contribution in [3.8, 4) is 11.5 Å². The van der Waals surface area contributed by atoms with Crippen molar-refractivity contribution in [2.75, 3.05) is 30.3 Å². The van der Waals surface area contributed by atoms with Crippen molar-refractivity contribution >= 4 is 11.4 Å². The molecule has 0 bridgehead atoms. The highest BCUT2D eigenvalue weighted by molar-refractivity contribution is 5.65. The first-order valence-corrected chi connectivity index (χ1v) is 8.96. The van der Waals surface area contributed by atoms with Crippen LogP contribution in [0.3, 0.4) is 0 Å². The van der Waals surface area contributed by atoms with E-state index in [9.17, 15) is 0 Å². The number of rotatable bonds is 6. The summed E-state index contributed by atoms with van der Waals surface area (Å²) in [6, 6.07) is 14.1. The maximum Gasteiger partial charge on any atom is 0.145 e. The fourth-order valence-electron chi connectivity index (χ4n) is 3.25. The van der Waals surface area contributed by atoms with Crippen LogP contribution in [0.2, 0.25) is 0 Å². The number of nitrogens with two attached hydrogens (primary N) is 1. The van der Waals surface area contributed by atoms with Crippen molar-refractivity contribution in [2.24, 2.45) is 0 Å². The summed E-state index contributed by atoms with van der Waals surface area (Å²) in [6.45, 7) is 8.92. The van der Waals surface area contributed by atoms with Crippen molar-refractivity contribution < 1.29 is 9.47 Å². The molecule has 0 aliphatic carbocycles. The highest BCUT2D eigenvalue weighted by Gasteiger charge is 2.31. The fourth-order valence-corrected chi connectivity index (χ4v) is 3.25. The van der Waals surface area contributed by atoms with Crippen LogP contribution in [-0.4, -0.2) is 25.3 Å². The number of hydrogen-bond acceptors (Lipinski definition) is 4. The van der Waals surface area contributed by atoms with Crippen LogP contribution in [0.5, 0.6) is 11.5 Å². The van der Waals surface area contributed by atoms with Gasteiger partial charge in [0.05, 0.1) is 18.8 Å². The number of unbranched alkanes of at least 4 members (excludes halogenated alkanes) is 1. The van der Waals surface area contributed by atoms with Gasteiger partial charge in [-0.05, 0) is 63.4 Å². The van der Waals surface area contributed by atoms with E-state index >= 15 is 0 Å². The number of fused-ring (bicyclic) bond motifs is 1. The van der Waals surface area contributed by atoms with Crippen LogP contribution < -0.4 is 20.1 Å². The van der Waals surface area contributed by atoms with Gasteiger partial charge in [0.25, 0.3) is 0 Å². The molecule has 1 heterocycles. The standard InChI is InChI=1S/C21H28N2O2/c1-16-7-6-8-18(13-16)24-12-5-4-11-23-15-21(2,3)25-20-14-17(22)9-10-19(20)23/h6-10,13-14H,4-5,11-12,15,22H2,1-3H3. The quantitative estimate of drug-likeness (QED) is 0.625. The highest BCUT2D eigenvalue weighted by Crippen LogP contribution is 2.38. The molecule has 0 spiro atoms. The molecular weight excluding hydrogens is 312 g/mol. The summed E-state index contributed by atoms with van der Waals surface area (Å²) in [6.07, 6.45) is 2.10. The molecule has 1 aliphatic rings. The Labute approximate surface area is 150 Å². The Hall–Kier alpha value is -2.36. The molecule has 4 heteroatoms. The van der Waals surface area contributed by atoms with Crippen LogP contribution in [-0.2, 0) is 0 Å². The summed E-state index contributed by atoms with van der Waals surface area (Å²) >= 11 is 0. The Morgan fingerprint density at radius 2 is 2.00 bits per heavy atom. The molecule has 0 fully saturated rings. The first-order valence-electron chi connectivity index (χ1n) is 8.96. The van der Waals surface area contributed by atoms with E-state index in [4.69, 9.17) is 15.2 Å². The molecule has 0 saturated heterocycles. The molecule has 0 radical (unpaired) electrons. The molecule has 0 amide bonds. The minimum absolute atomic E-state index is 0.209. The van der Waals surface area contributed by atoms with Crippen LogP contribution >= 0.6 is 0 Å². The predicted octanol–water partition coefficient (Wildman–Crippen LogP) is 4.41. The summed E-state index contributed by atoms with van der Waals surface area (Å²) < 4.78 is 11.9. The summed E-state index contributed by atoms with van der Waals surface area (Å²) in [5.41, 5.74) is 8.79. The average Bonchev–Trinajstić information content (AvgIpc) is 2.53. The SMILES string of the molecule is Cc1cccc(OCCCCN2CC(C)(C)Oc3cc(N)ccc32)c1. The third kappa shape index (κ3) is 4.59. The van der Waals surface area contributed by atoms with E-state index in [1.807, 2.05) is 24.3 Å². The average molecular weight is 340 g/mol. The number of nitrogen functional groups attached to an aromatic ring is 1. The molecule has 4 nitrogen and oxygen atoms in total. The van der Waals surface area contributed by atoms with E-state index in [-0.39, 0.29) is 5.60 Å². The molecule has 2 aromatic rings. The molecule has 3 rings (SSSR count). The molecule has 0 saturated carbocycles. The maximum atomic E-state index is 6.08. The second kappa shape index (κ2) is 7.26. The van der Waals surface area contributed by atoms with E-state index in [0.29, 0.717) is 0 Å². The lowest BCUT2D eigenvalue weighted by molar-refractivity contribution is 0.105. The number of nitrogens with zero attached hydrogens (tertiary/aromatic N) is 1. The second-order valence-corrected chi connectivity index (χ2v) is 7.38. The van der Waals surface area contributed by atoms with E-state index in [0.717, 1.165) is 55.4 Å². The van der Waals surface area contributed by atoms with Gasteiger partial charge in [0, 0.05) is 18.3 Å². The zero-order valence-corrected chi connectivity index (χ0v) is 15.4. The van der Waals surface area contributed by atoms with Crippen molar-refractivity contribution in [1.29, 1.82) is 0 Å². The predicted molar refractivity (Wildman–Crippen MR) is 104 cm³/mol. The fraction of sp³-hybridized carbons (Fsp3) is 0.429. The zero-order valence-electron chi connectivity index (χ0n) is 15.4. The Kier molecular flexibility index (Phi) is 5.07. The van der Waals surface area contributed by atoms with Crippen LogP contribution in [0.4, 0.5) is 11.4 Å². The molecule has 2 N–H and O–H groups in total. The second-order valence-electron chi connectivity index (χ2n) is 7.38. The number of aryl methyl sites for hydroxylation is 1. The number of hydrogen-bond donors (Lipinski definition) is 1. The maximum absolute atomic E-state index is 6.08. The number of ether oxygens (including phenoxy) is 2. The van der Waals surface area contributed by atoms with Crippen molar-refractivity contribution in [3.05, 3.63) is 48.0 Å². The summed E-state index contributed by atoms with van der Waals surface area (Å²) in [5.74, 6) is 1.83. The Morgan fingerprint density at radius 3 is 2.80 bits per heavy atom. The highest BCUT2D eigenvalue weighted by atomic mass is 16.5. The third-order valence-electron chi connectivity index (χ3n) is 4.36. The van der Waals surface area contributed by atoms with E-state index in [1.165, 1.54) is 5.56 Å². The molecule has 134 valence electrons. The van der Waals surface area contributed by atoms with Gasteiger partial charge in [-0.3, -0.25) is 0 Å². The molecule has 0 atom stereocenters. The van der Waals surface area contributed by atoms with Crippen molar-refractivity contribution in [2.45, 2.75) is 39.2 Å². The van der Waals surface area contributed by atoms with Gasteiger partial charge in [-0.25, -0.2) is 0 Å². The van der Waals surface area contributed by atoms with Crippen molar-refractivity contribution in [1.82, 2.24) is 0 Å². The van der Waals surface area contributed by atoms with Gasteiger partial charge in [-0.1, -0.05) is 12.1 Å². The number of benzene rings is 2. The Morgan fingerprint density at radius 1 is 1.16 bits per heavy atom. The third-order valence-corrected chi connectivity index (χ3v) is 4.36. The van der Waals surface area contributed by atoms with Crippen LogP contribution in [0.25, 0.3) is 0 Å². The van der Waals surface area contributed by atoms with Gasteiger partial charge >= 0.3 is 0 Å². The van der Waals surface area contributed by atoms with Crippen LogP contribution in [0.1, 0.15) is 32.3 Å². The first-order chi connectivity index (χ1) is 11.9. The lowest BCUT2D eigenvalue weighted by Crippen LogP contribution is -2.47. The topological polar surface area (TPSA) is 47.7 Å². The van der Waals surface area contributed by atoms with Gasteiger partial charge < -0.3 is 20.1 Å². The van der Waals surface area contributed by atoms with Gasteiger partial charge in [-0.2, -0.15) is 0 Å². The first kappa shape index (κ1) is 17.5. The largest absolute Gasteiger partial charge is 0.494 e. The van der Waals surface area contributed by atoms with Gasteiger partial charge in [-0.15, -0.1) is 0 Å². The smallest absolute Gasteiger partial charge is 0.145 e. The normalized spacial score (nSPS) is 15.4.